The molecule has 0 aromatic heterocycles. The summed E-state index contributed by atoms with van der Waals surface area (Å²) in [6, 6.07) is 13.7. The highest BCUT2D eigenvalue weighted by Crippen LogP contribution is 2.24. The SMILES string of the molecule is Cc1ccc(Cl)cc1OCc1ccccc1Br. The molecule has 0 saturated carbocycles. The third-order valence-electron chi connectivity index (χ3n) is 2.49. The smallest absolute Gasteiger partial charge is 0.124 e. The Morgan fingerprint density at radius 3 is 2.71 bits per heavy atom. The number of hydrogen-bond donors (Lipinski definition) is 0. The minimum absolute atomic E-state index is 0.530. The average Bonchev–Trinajstić information content (AvgIpc) is 2.32. The van der Waals surface area contributed by atoms with Crippen LogP contribution in [-0.2, 0) is 6.61 Å². The van der Waals surface area contributed by atoms with Crippen molar-refractivity contribution in [1.82, 2.24) is 0 Å². The van der Waals surface area contributed by atoms with Crippen LogP contribution >= 0.6 is 27.5 Å². The van der Waals surface area contributed by atoms with Crippen molar-refractivity contribution in [3.8, 4) is 5.75 Å². The van der Waals surface area contributed by atoms with Crippen molar-refractivity contribution in [2.45, 2.75) is 13.5 Å². The number of rotatable bonds is 3. The molecule has 3 heteroatoms. The molecule has 0 heterocycles. The molecule has 1 nitrogen and oxygen atoms in total. The molecule has 0 unspecified atom stereocenters. The van der Waals surface area contributed by atoms with Crippen molar-refractivity contribution >= 4 is 27.5 Å². The van der Waals surface area contributed by atoms with E-state index in [9.17, 15) is 0 Å². The largest absolute Gasteiger partial charge is 0.489 e. The summed E-state index contributed by atoms with van der Waals surface area (Å²) < 4.78 is 6.83. The monoisotopic (exact) mass is 310 g/mol. The van der Waals surface area contributed by atoms with Crippen LogP contribution in [0.25, 0.3) is 0 Å². The maximum atomic E-state index is 5.94. The second-order valence-electron chi connectivity index (χ2n) is 3.79. The van der Waals surface area contributed by atoms with Gasteiger partial charge in [-0.2, -0.15) is 0 Å². The van der Waals surface area contributed by atoms with Crippen LogP contribution in [0.15, 0.2) is 46.9 Å². The molecular formula is C14H12BrClO. The average molecular weight is 312 g/mol. The number of benzene rings is 2. The van der Waals surface area contributed by atoms with Crippen LogP contribution in [0.4, 0.5) is 0 Å². The van der Waals surface area contributed by atoms with Crippen LogP contribution in [0.1, 0.15) is 11.1 Å². The zero-order valence-electron chi connectivity index (χ0n) is 9.41. The van der Waals surface area contributed by atoms with Crippen molar-refractivity contribution < 1.29 is 4.74 Å². The first-order chi connectivity index (χ1) is 8.16. The van der Waals surface area contributed by atoms with Gasteiger partial charge in [-0.1, -0.05) is 51.8 Å². The second-order valence-corrected chi connectivity index (χ2v) is 5.08. The molecule has 0 aliphatic rings. The summed E-state index contributed by atoms with van der Waals surface area (Å²) >= 11 is 9.44. The van der Waals surface area contributed by atoms with Gasteiger partial charge in [-0.15, -0.1) is 0 Å². The van der Waals surface area contributed by atoms with Crippen LogP contribution in [0, 0.1) is 6.92 Å². The van der Waals surface area contributed by atoms with Gasteiger partial charge >= 0.3 is 0 Å². The summed E-state index contributed by atoms with van der Waals surface area (Å²) in [7, 11) is 0. The van der Waals surface area contributed by atoms with Crippen LogP contribution in [0.3, 0.4) is 0 Å². The summed E-state index contributed by atoms with van der Waals surface area (Å²) in [5.74, 6) is 0.827. The van der Waals surface area contributed by atoms with Crippen LogP contribution < -0.4 is 4.74 Å². The van der Waals surface area contributed by atoms with E-state index in [0.29, 0.717) is 11.6 Å². The Kier molecular flexibility index (Phi) is 4.08. The Bertz CT molecular complexity index is 525. The molecule has 0 amide bonds. The molecule has 2 rings (SSSR count). The van der Waals surface area contributed by atoms with E-state index in [1.165, 1.54) is 0 Å². The zero-order chi connectivity index (χ0) is 12.3. The summed E-state index contributed by atoms with van der Waals surface area (Å²) in [4.78, 5) is 0. The summed E-state index contributed by atoms with van der Waals surface area (Å²) in [6.07, 6.45) is 0. The number of ether oxygens (including phenoxy) is 1. The van der Waals surface area contributed by atoms with E-state index >= 15 is 0 Å². The minimum Gasteiger partial charge on any atom is -0.489 e. The Hall–Kier alpha value is -0.990. The lowest BCUT2D eigenvalue weighted by molar-refractivity contribution is 0.303. The topological polar surface area (TPSA) is 9.23 Å². The number of halogens is 2. The maximum Gasteiger partial charge on any atom is 0.124 e. The molecule has 2 aromatic carbocycles. The molecule has 0 N–H and O–H groups in total. The lowest BCUT2D eigenvalue weighted by Gasteiger charge is -2.10. The highest BCUT2D eigenvalue weighted by molar-refractivity contribution is 9.10. The van der Waals surface area contributed by atoms with Gasteiger partial charge in [-0.25, -0.2) is 0 Å². The fourth-order valence-corrected chi connectivity index (χ4v) is 2.06. The Morgan fingerprint density at radius 1 is 1.18 bits per heavy atom. The van der Waals surface area contributed by atoms with Crippen LogP contribution in [0.5, 0.6) is 5.75 Å². The Morgan fingerprint density at radius 2 is 1.94 bits per heavy atom. The van der Waals surface area contributed by atoms with Gasteiger partial charge in [0.1, 0.15) is 12.4 Å². The summed E-state index contributed by atoms with van der Waals surface area (Å²) in [5.41, 5.74) is 2.20. The summed E-state index contributed by atoms with van der Waals surface area (Å²) in [5, 5.41) is 0.692. The first-order valence-electron chi connectivity index (χ1n) is 5.29. The van der Waals surface area contributed by atoms with Crippen molar-refractivity contribution in [3.05, 3.63) is 63.1 Å². The van der Waals surface area contributed by atoms with Gasteiger partial charge < -0.3 is 4.74 Å². The molecule has 0 spiro atoms. The van der Waals surface area contributed by atoms with Gasteiger partial charge in [-0.3, -0.25) is 0 Å². The van der Waals surface area contributed by atoms with Crippen molar-refractivity contribution in [2.24, 2.45) is 0 Å². The van der Waals surface area contributed by atoms with Gasteiger partial charge in [0, 0.05) is 15.1 Å². The van der Waals surface area contributed by atoms with Gasteiger partial charge in [0.2, 0.25) is 0 Å². The van der Waals surface area contributed by atoms with E-state index in [-0.39, 0.29) is 0 Å². The predicted octanol–water partition coefficient (Wildman–Crippen LogP) is 4.99. The van der Waals surface area contributed by atoms with Crippen LogP contribution in [-0.4, -0.2) is 0 Å². The molecule has 0 saturated heterocycles. The molecular weight excluding hydrogens is 300 g/mol. The first kappa shape index (κ1) is 12.5. The molecule has 0 aliphatic heterocycles. The molecule has 88 valence electrons. The molecule has 0 bridgehead atoms. The Labute approximate surface area is 115 Å². The third kappa shape index (κ3) is 3.24. The lowest BCUT2D eigenvalue weighted by atomic mass is 10.2. The van der Waals surface area contributed by atoms with E-state index in [1.54, 1.807) is 0 Å². The van der Waals surface area contributed by atoms with E-state index < -0.39 is 0 Å². The number of aryl methyl sites for hydroxylation is 1. The third-order valence-corrected chi connectivity index (χ3v) is 3.50. The Balaban J connectivity index is 2.12. The highest BCUT2D eigenvalue weighted by Gasteiger charge is 2.03. The molecule has 0 atom stereocenters. The fraction of sp³-hybridized carbons (Fsp3) is 0.143. The van der Waals surface area contributed by atoms with E-state index in [0.717, 1.165) is 21.3 Å². The maximum absolute atomic E-state index is 5.94. The first-order valence-corrected chi connectivity index (χ1v) is 6.46. The van der Waals surface area contributed by atoms with Crippen molar-refractivity contribution in [2.75, 3.05) is 0 Å². The highest BCUT2D eigenvalue weighted by atomic mass is 79.9. The standard InChI is InChI=1S/C14H12BrClO/c1-10-6-7-12(16)8-14(10)17-9-11-4-2-3-5-13(11)15/h2-8H,9H2,1H3. The molecule has 2 aromatic rings. The van der Waals surface area contributed by atoms with Crippen molar-refractivity contribution in [3.63, 3.8) is 0 Å². The molecule has 0 fully saturated rings. The lowest BCUT2D eigenvalue weighted by Crippen LogP contribution is -1.97. The van der Waals surface area contributed by atoms with E-state index in [1.807, 2.05) is 49.4 Å². The normalized spacial score (nSPS) is 10.3. The molecule has 0 radical (unpaired) electrons. The van der Waals surface area contributed by atoms with Crippen molar-refractivity contribution in [1.29, 1.82) is 0 Å². The van der Waals surface area contributed by atoms with Gasteiger partial charge in [0.25, 0.3) is 0 Å². The quantitative estimate of drug-likeness (QED) is 0.776. The molecule has 17 heavy (non-hydrogen) atoms. The van der Waals surface area contributed by atoms with E-state index in [2.05, 4.69) is 15.9 Å². The van der Waals surface area contributed by atoms with E-state index in [4.69, 9.17) is 16.3 Å². The van der Waals surface area contributed by atoms with Gasteiger partial charge in [0.15, 0.2) is 0 Å². The van der Waals surface area contributed by atoms with Gasteiger partial charge in [0.05, 0.1) is 0 Å². The minimum atomic E-state index is 0.530. The molecule has 0 aliphatic carbocycles. The second kappa shape index (κ2) is 5.56. The predicted molar refractivity (Wildman–Crippen MR) is 74.7 cm³/mol. The van der Waals surface area contributed by atoms with Gasteiger partial charge in [-0.05, 0) is 30.7 Å². The fourth-order valence-electron chi connectivity index (χ4n) is 1.50. The summed E-state index contributed by atoms with van der Waals surface area (Å²) in [6.45, 7) is 2.54. The van der Waals surface area contributed by atoms with Crippen LogP contribution in [0.2, 0.25) is 5.02 Å². The zero-order valence-corrected chi connectivity index (χ0v) is 11.8. The number of hydrogen-bond acceptors (Lipinski definition) is 1.